The average molecular weight is 483 g/mol. The van der Waals surface area contributed by atoms with E-state index < -0.39 is 11.9 Å². The molecule has 2 bridgehead atoms. The summed E-state index contributed by atoms with van der Waals surface area (Å²) in [7, 11) is 0. The van der Waals surface area contributed by atoms with Crippen LogP contribution in [0.3, 0.4) is 0 Å². The van der Waals surface area contributed by atoms with Crippen molar-refractivity contribution in [3.63, 3.8) is 0 Å². The molecule has 2 aromatic carbocycles. The summed E-state index contributed by atoms with van der Waals surface area (Å²) in [5.74, 6) is -0.393. The van der Waals surface area contributed by atoms with Gasteiger partial charge in [-0.2, -0.15) is 0 Å². The number of imide groups is 1. The second-order valence-electron chi connectivity index (χ2n) is 10.8. The van der Waals surface area contributed by atoms with Crippen molar-refractivity contribution in [2.75, 3.05) is 16.3 Å². The molecule has 2 aliphatic heterocycles. The van der Waals surface area contributed by atoms with Crippen molar-refractivity contribution in [2.45, 2.75) is 19.8 Å². The predicted molar refractivity (Wildman–Crippen MR) is 131 cm³/mol. The molecule has 7 heteroatoms. The van der Waals surface area contributed by atoms with Crippen LogP contribution in [0.25, 0.3) is 0 Å². The average Bonchev–Trinajstić information content (AvgIpc) is 3.55. The number of carbonyl (C=O) groups excluding carboxylic acids is 4. The fourth-order valence-electron chi connectivity index (χ4n) is 6.94. The van der Waals surface area contributed by atoms with Crippen LogP contribution in [0.15, 0.2) is 60.7 Å². The van der Waals surface area contributed by atoms with Gasteiger partial charge in [-0.15, -0.1) is 0 Å². The number of esters is 1. The van der Waals surface area contributed by atoms with Crippen LogP contribution >= 0.6 is 0 Å². The summed E-state index contributed by atoms with van der Waals surface area (Å²) in [6.45, 7) is 2.23. The number of allylic oxidation sites excluding steroid dienone is 2. The first-order chi connectivity index (χ1) is 17.4. The molecule has 0 spiro atoms. The number of carbonyl (C=O) groups is 4. The highest BCUT2D eigenvalue weighted by atomic mass is 16.5. The summed E-state index contributed by atoms with van der Waals surface area (Å²) in [4.78, 5) is 55.2. The summed E-state index contributed by atoms with van der Waals surface area (Å²) in [5, 5.41) is 0. The zero-order chi connectivity index (χ0) is 24.7. The van der Waals surface area contributed by atoms with Gasteiger partial charge in [-0.05, 0) is 61.3 Å². The Labute approximate surface area is 208 Å². The van der Waals surface area contributed by atoms with Crippen LogP contribution in [0.4, 0.5) is 11.4 Å². The quantitative estimate of drug-likeness (QED) is 0.288. The minimum absolute atomic E-state index is 0.0803. The first-order valence-corrected chi connectivity index (χ1v) is 12.7. The van der Waals surface area contributed by atoms with Gasteiger partial charge in [0.1, 0.15) is 5.75 Å². The molecule has 7 nitrogen and oxygen atoms in total. The fourth-order valence-corrected chi connectivity index (χ4v) is 6.94. The Kier molecular flexibility index (Phi) is 4.56. The van der Waals surface area contributed by atoms with Gasteiger partial charge in [0.15, 0.2) is 0 Å². The number of amides is 3. The lowest BCUT2D eigenvalue weighted by molar-refractivity contribution is -0.139. The number of aryl methyl sites for hydroxylation is 1. The van der Waals surface area contributed by atoms with Crippen LogP contribution in [-0.4, -0.2) is 30.2 Å². The summed E-state index contributed by atoms with van der Waals surface area (Å²) in [6, 6.07) is 14.2. The Morgan fingerprint density at radius 1 is 0.889 bits per heavy atom. The summed E-state index contributed by atoms with van der Waals surface area (Å²) >= 11 is 0. The van der Waals surface area contributed by atoms with E-state index in [0.29, 0.717) is 17.5 Å². The Morgan fingerprint density at radius 2 is 1.56 bits per heavy atom. The Balaban J connectivity index is 1.07. The van der Waals surface area contributed by atoms with Crippen molar-refractivity contribution < 1.29 is 23.9 Å². The number of rotatable bonds is 4. The minimum atomic E-state index is -0.589. The smallest absolute Gasteiger partial charge is 0.316 e. The third kappa shape index (κ3) is 3.11. The number of hydrogen-bond acceptors (Lipinski definition) is 5. The van der Waals surface area contributed by atoms with E-state index in [9.17, 15) is 19.2 Å². The van der Waals surface area contributed by atoms with E-state index in [-0.39, 0.29) is 60.1 Å². The Hall–Kier alpha value is -3.74. The van der Waals surface area contributed by atoms with Crippen molar-refractivity contribution in [3.05, 3.63) is 66.2 Å². The molecule has 0 aromatic heterocycles. The molecular weight excluding hydrogens is 456 g/mol. The highest BCUT2D eigenvalue weighted by molar-refractivity contribution is 6.22. The van der Waals surface area contributed by atoms with Crippen LogP contribution in [0.1, 0.15) is 18.4 Å². The molecule has 0 radical (unpaired) electrons. The highest BCUT2D eigenvalue weighted by Gasteiger charge is 2.67. The Morgan fingerprint density at radius 3 is 2.22 bits per heavy atom. The van der Waals surface area contributed by atoms with Gasteiger partial charge in [0.05, 0.1) is 23.4 Å². The largest absolute Gasteiger partial charge is 0.426 e. The lowest BCUT2D eigenvalue weighted by atomic mass is 9.63. The van der Waals surface area contributed by atoms with E-state index in [1.165, 1.54) is 4.90 Å². The molecule has 2 saturated carbocycles. The third-order valence-electron chi connectivity index (χ3n) is 8.76. The molecule has 4 fully saturated rings. The molecule has 4 aliphatic carbocycles. The normalized spacial score (nSPS) is 33.7. The maximum Gasteiger partial charge on any atom is 0.316 e. The van der Waals surface area contributed by atoms with E-state index in [1.807, 2.05) is 31.2 Å². The molecule has 2 aromatic rings. The number of hydrogen-bond donors (Lipinski definition) is 0. The van der Waals surface area contributed by atoms with Crippen molar-refractivity contribution in [2.24, 2.45) is 41.4 Å². The maximum atomic E-state index is 13.4. The monoisotopic (exact) mass is 482 g/mol. The highest BCUT2D eigenvalue weighted by Crippen LogP contribution is 2.65. The lowest BCUT2D eigenvalue weighted by Crippen LogP contribution is -2.40. The fraction of sp³-hybridized carbons (Fsp3) is 0.379. The van der Waals surface area contributed by atoms with Crippen LogP contribution in [0.5, 0.6) is 5.75 Å². The first kappa shape index (κ1) is 21.5. The predicted octanol–water partition coefficient (Wildman–Crippen LogP) is 3.51. The molecule has 0 unspecified atom stereocenters. The van der Waals surface area contributed by atoms with E-state index in [0.717, 1.165) is 17.7 Å². The van der Waals surface area contributed by atoms with E-state index >= 15 is 0 Å². The van der Waals surface area contributed by atoms with Gasteiger partial charge in [-0.25, -0.2) is 4.90 Å². The number of ether oxygens (including phenoxy) is 1. The summed E-state index contributed by atoms with van der Waals surface area (Å²) in [5.41, 5.74) is 2.29. The van der Waals surface area contributed by atoms with Gasteiger partial charge in [-0.1, -0.05) is 35.9 Å². The zero-order valence-electron chi connectivity index (χ0n) is 19.9. The zero-order valence-corrected chi connectivity index (χ0v) is 19.9. The van der Waals surface area contributed by atoms with Crippen molar-refractivity contribution in [3.8, 4) is 5.75 Å². The minimum Gasteiger partial charge on any atom is -0.426 e. The molecule has 2 saturated heterocycles. The maximum absolute atomic E-state index is 13.4. The van der Waals surface area contributed by atoms with Gasteiger partial charge in [0, 0.05) is 24.7 Å². The second-order valence-corrected chi connectivity index (χ2v) is 10.8. The summed E-state index contributed by atoms with van der Waals surface area (Å²) < 4.78 is 5.64. The third-order valence-corrected chi connectivity index (χ3v) is 8.76. The van der Waals surface area contributed by atoms with E-state index in [2.05, 4.69) is 12.2 Å². The van der Waals surface area contributed by atoms with Gasteiger partial charge in [0.2, 0.25) is 17.7 Å². The summed E-state index contributed by atoms with van der Waals surface area (Å²) in [6.07, 6.45) is 5.49. The molecule has 8 rings (SSSR count). The van der Waals surface area contributed by atoms with Crippen molar-refractivity contribution in [1.82, 2.24) is 0 Å². The lowest BCUT2D eigenvalue weighted by Gasteiger charge is -2.37. The molecular formula is C29H26N2O5. The van der Waals surface area contributed by atoms with Gasteiger partial charge < -0.3 is 9.64 Å². The van der Waals surface area contributed by atoms with Gasteiger partial charge in [-0.3, -0.25) is 19.2 Å². The molecule has 2 heterocycles. The van der Waals surface area contributed by atoms with Gasteiger partial charge in [0.25, 0.3) is 0 Å². The number of anilines is 2. The molecule has 36 heavy (non-hydrogen) atoms. The SMILES string of the molecule is Cc1ccc(N2C[C@H](C(=O)Oc3cccc(N4C(=O)[C@@H]5[C@H]6C=C[C@@H]([C@@H]7C[C@@H]67)[C@@H]5C4=O)c3)CC2=O)cc1. The molecule has 182 valence electrons. The van der Waals surface area contributed by atoms with Crippen molar-refractivity contribution in [1.29, 1.82) is 0 Å². The van der Waals surface area contributed by atoms with E-state index in [1.54, 1.807) is 29.2 Å². The van der Waals surface area contributed by atoms with Gasteiger partial charge >= 0.3 is 5.97 Å². The number of benzene rings is 2. The van der Waals surface area contributed by atoms with Crippen LogP contribution in [0.2, 0.25) is 0 Å². The molecule has 0 N–H and O–H groups in total. The first-order valence-electron chi connectivity index (χ1n) is 12.7. The van der Waals surface area contributed by atoms with Crippen LogP contribution < -0.4 is 14.5 Å². The van der Waals surface area contributed by atoms with Crippen LogP contribution in [0, 0.1) is 48.3 Å². The van der Waals surface area contributed by atoms with E-state index in [4.69, 9.17) is 4.74 Å². The standard InChI is InChI=1S/C29H26N2O5/c1-15-5-7-17(8-6-15)30-14-16(11-24(30)32)29(35)36-19-4-2-3-18(12-19)31-27(33)25-20-9-10-21(23-13-22(20)23)26(25)28(31)34/h2-10,12,16,20-23,25-26H,11,13-14H2,1H3/t16-,20+,21+,22+,23+,25-,26+/m1/s1. The molecule has 6 aliphatic rings. The van der Waals surface area contributed by atoms with Crippen LogP contribution in [-0.2, 0) is 19.2 Å². The molecule has 3 amide bonds. The second kappa shape index (κ2) is 7.63. The Bertz CT molecular complexity index is 1310. The number of nitrogens with zero attached hydrogens (tertiary/aromatic N) is 2. The molecule has 7 atom stereocenters. The topological polar surface area (TPSA) is 84.0 Å². The van der Waals surface area contributed by atoms with Crippen molar-refractivity contribution >= 4 is 35.1 Å².